The topological polar surface area (TPSA) is 40.5 Å². The van der Waals surface area contributed by atoms with E-state index in [0.717, 1.165) is 16.7 Å². The van der Waals surface area contributed by atoms with Gasteiger partial charge in [0.2, 0.25) is 0 Å². The summed E-state index contributed by atoms with van der Waals surface area (Å²) < 4.78 is 0. The SMILES string of the molecule is Cc1cccc(C(=O)N(CCO)Cc2ccccc2)c1C. The van der Waals surface area contributed by atoms with Gasteiger partial charge in [-0.05, 0) is 36.6 Å². The van der Waals surface area contributed by atoms with E-state index < -0.39 is 0 Å². The molecule has 0 unspecified atom stereocenters. The summed E-state index contributed by atoms with van der Waals surface area (Å²) in [5.74, 6) is -0.0332. The molecule has 0 aliphatic rings. The van der Waals surface area contributed by atoms with E-state index in [-0.39, 0.29) is 12.5 Å². The Hall–Kier alpha value is -2.13. The largest absolute Gasteiger partial charge is 0.395 e. The summed E-state index contributed by atoms with van der Waals surface area (Å²) in [5, 5.41) is 9.24. The molecule has 0 bridgehead atoms. The first kappa shape index (κ1) is 15.3. The number of benzene rings is 2. The highest BCUT2D eigenvalue weighted by molar-refractivity contribution is 5.95. The van der Waals surface area contributed by atoms with Crippen molar-refractivity contribution in [1.29, 1.82) is 0 Å². The van der Waals surface area contributed by atoms with Gasteiger partial charge in [0.15, 0.2) is 0 Å². The number of aliphatic hydroxyl groups excluding tert-OH is 1. The van der Waals surface area contributed by atoms with Crippen LogP contribution in [0, 0.1) is 13.8 Å². The van der Waals surface area contributed by atoms with E-state index in [4.69, 9.17) is 0 Å². The number of aliphatic hydroxyl groups is 1. The minimum Gasteiger partial charge on any atom is -0.395 e. The van der Waals surface area contributed by atoms with Gasteiger partial charge >= 0.3 is 0 Å². The van der Waals surface area contributed by atoms with E-state index in [0.29, 0.717) is 18.7 Å². The van der Waals surface area contributed by atoms with Crippen molar-refractivity contribution in [2.75, 3.05) is 13.2 Å². The average Bonchev–Trinajstić information content (AvgIpc) is 2.50. The maximum Gasteiger partial charge on any atom is 0.254 e. The maximum atomic E-state index is 12.7. The van der Waals surface area contributed by atoms with Gasteiger partial charge in [-0.1, -0.05) is 42.5 Å². The molecule has 0 aliphatic carbocycles. The Morgan fingerprint density at radius 1 is 1.05 bits per heavy atom. The number of hydrogen-bond donors (Lipinski definition) is 1. The molecule has 0 saturated heterocycles. The molecule has 0 heterocycles. The predicted molar refractivity (Wildman–Crippen MR) is 84.2 cm³/mol. The van der Waals surface area contributed by atoms with Gasteiger partial charge in [0, 0.05) is 18.7 Å². The molecule has 21 heavy (non-hydrogen) atoms. The molecule has 3 nitrogen and oxygen atoms in total. The summed E-state index contributed by atoms with van der Waals surface area (Å²) in [7, 11) is 0. The molecule has 3 heteroatoms. The van der Waals surface area contributed by atoms with Gasteiger partial charge in [0.25, 0.3) is 5.91 Å². The van der Waals surface area contributed by atoms with Gasteiger partial charge in [-0.25, -0.2) is 0 Å². The fourth-order valence-electron chi connectivity index (χ4n) is 2.33. The second-order valence-corrected chi connectivity index (χ2v) is 5.18. The summed E-state index contributed by atoms with van der Waals surface area (Å²) in [4.78, 5) is 14.4. The average molecular weight is 283 g/mol. The van der Waals surface area contributed by atoms with Gasteiger partial charge in [-0.2, -0.15) is 0 Å². The van der Waals surface area contributed by atoms with Crippen LogP contribution in [0.5, 0.6) is 0 Å². The molecular weight excluding hydrogens is 262 g/mol. The van der Waals surface area contributed by atoms with E-state index in [1.54, 1.807) is 4.90 Å². The van der Waals surface area contributed by atoms with Crippen molar-refractivity contribution in [3.63, 3.8) is 0 Å². The lowest BCUT2D eigenvalue weighted by Gasteiger charge is -2.23. The Kier molecular flexibility index (Phi) is 5.12. The van der Waals surface area contributed by atoms with E-state index in [9.17, 15) is 9.90 Å². The first-order chi connectivity index (χ1) is 10.1. The van der Waals surface area contributed by atoms with Crippen LogP contribution in [0.1, 0.15) is 27.0 Å². The van der Waals surface area contributed by atoms with Gasteiger partial charge in [-0.15, -0.1) is 0 Å². The van der Waals surface area contributed by atoms with Crippen LogP contribution >= 0.6 is 0 Å². The van der Waals surface area contributed by atoms with E-state index in [1.807, 2.05) is 62.4 Å². The van der Waals surface area contributed by atoms with Crippen molar-refractivity contribution in [1.82, 2.24) is 4.90 Å². The Morgan fingerprint density at radius 3 is 2.43 bits per heavy atom. The lowest BCUT2D eigenvalue weighted by Crippen LogP contribution is -2.33. The highest BCUT2D eigenvalue weighted by Crippen LogP contribution is 2.16. The van der Waals surface area contributed by atoms with Crippen LogP contribution in [0.25, 0.3) is 0 Å². The fourth-order valence-corrected chi connectivity index (χ4v) is 2.33. The monoisotopic (exact) mass is 283 g/mol. The molecule has 0 fully saturated rings. The van der Waals surface area contributed by atoms with Crippen LogP contribution in [-0.4, -0.2) is 29.1 Å². The number of aryl methyl sites for hydroxylation is 1. The molecule has 0 saturated carbocycles. The van der Waals surface area contributed by atoms with Crippen molar-refractivity contribution in [3.8, 4) is 0 Å². The molecule has 2 aromatic rings. The zero-order valence-corrected chi connectivity index (χ0v) is 12.5. The molecule has 2 rings (SSSR count). The van der Waals surface area contributed by atoms with Gasteiger partial charge < -0.3 is 10.0 Å². The van der Waals surface area contributed by atoms with Crippen molar-refractivity contribution in [2.45, 2.75) is 20.4 Å². The Morgan fingerprint density at radius 2 is 1.76 bits per heavy atom. The molecule has 0 spiro atoms. The Labute approximate surface area is 125 Å². The van der Waals surface area contributed by atoms with Crippen LogP contribution in [0.2, 0.25) is 0 Å². The van der Waals surface area contributed by atoms with Crippen LogP contribution in [-0.2, 0) is 6.54 Å². The second-order valence-electron chi connectivity index (χ2n) is 5.18. The summed E-state index contributed by atoms with van der Waals surface area (Å²) in [5.41, 5.74) is 3.87. The van der Waals surface area contributed by atoms with E-state index >= 15 is 0 Å². The molecule has 0 aliphatic heterocycles. The van der Waals surface area contributed by atoms with E-state index in [2.05, 4.69) is 0 Å². The zero-order chi connectivity index (χ0) is 15.2. The fraction of sp³-hybridized carbons (Fsp3) is 0.278. The smallest absolute Gasteiger partial charge is 0.254 e. The normalized spacial score (nSPS) is 10.4. The summed E-state index contributed by atoms with van der Waals surface area (Å²) in [6.07, 6.45) is 0. The first-order valence-electron chi connectivity index (χ1n) is 7.13. The number of carbonyl (C=O) groups excluding carboxylic acids is 1. The molecule has 2 aromatic carbocycles. The molecule has 1 amide bonds. The standard InChI is InChI=1S/C18H21NO2/c1-14-7-6-10-17(15(14)2)18(21)19(11-12-20)13-16-8-4-3-5-9-16/h3-10,20H,11-13H2,1-2H3. The van der Waals surface area contributed by atoms with Crippen LogP contribution in [0.3, 0.4) is 0 Å². The minimum atomic E-state index is -0.0383. The van der Waals surface area contributed by atoms with Crippen molar-refractivity contribution in [3.05, 3.63) is 70.8 Å². The highest BCUT2D eigenvalue weighted by atomic mass is 16.3. The van der Waals surface area contributed by atoms with Crippen LogP contribution in [0.4, 0.5) is 0 Å². The molecule has 0 aromatic heterocycles. The lowest BCUT2D eigenvalue weighted by molar-refractivity contribution is 0.0707. The van der Waals surface area contributed by atoms with Crippen molar-refractivity contribution < 1.29 is 9.90 Å². The molecular formula is C18H21NO2. The zero-order valence-electron chi connectivity index (χ0n) is 12.5. The number of nitrogens with zero attached hydrogens (tertiary/aromatic N) is 1. The highest BCUT2D eigenvalue weighted by Gasteiger charge is 2.18. The Bertz CT molecular complexity index is 608. The van der Waals surface area contributed by atoms with Crippen LogP contribution < -0.4 is 0 Å². The second kappa shape index (κ2) is 7.04. The third kappa shape index (κ3) is 3.70. The third-order valence-electron chi connectivity index (χ3n) is 3.71. The maximum absolute atomic E-state index is 12.7. The number of carbonyl (C=O) groups is 1. The van der Waals surface area contributed by atoms with Gasteiger partial charge in [-0.3, -0.25) is 4.79 Å². The molecule has 1 N–H and O–H groups in total. The summed E-state index contributed by atoms with van der Waals surface area (Å²) in [6.45, 7) is 4.76. The Balaban J connectivity index is 2.25. The quantitative estimate of drug-likeness (QED) is 0.916. The summed E-state index contributed by atoms with van der Waals surface area (Å²) in [6, 6.07) is 15.6. The van der Waals surface area contributed by atoms with E-state index in [1.165, 1.54) is 0 Å². The van der Waals surface area contributed by atoms with Gasteiger partial charge in [0.1, 0.15) is 0 Å². The minimum absolute atomic E-state index is 0.0332. The van der Waals surface area contributed by atoms with Crippen molar-refractivity contribution >= 4 is 5.91 Å². The molecule has 110 valence electrons. The van der Waals surface area contributed by atoms with Gasteiger partial charge in [0.05, 0.1) is 6.61 Å². The molecule has 0 atom stereocenters. The lowest BCUT2D eigenvalue weighted by atomic mass is 10.0. The third-order valence-corrected chi connectivity index (χ3v) is 3.71. The number of amides is 1. The number of rotatable bonds is 5. The van der Waals surface area contributed by atoms with Crippen molar-refractivity contribution in [2.24, 2.45) is 0 Å². The summed E-state index contributed by atoms with van der Waals surface area (Å²) >= 11 is 0. The molecule has 0 radical (unpaired) electrons. The van der Waals surface area contributed by atoms with Crippen LogP contribution in [0.15, 0.2) is 48.5 Å². The predicted octanol–water partition coefficient (Wildman–Crippen LogP) is 2.94. The number of hydrogen-bond acceptors (Lipinski definition) is 2. The first-order valence-corrected chi connectivity index (χ1v) is 7.13.